The molecule has 2 aliphatic carbocycles. The van der Waals surface area contributed by atoms with E-state index in [0.717, 1.165) is 32.2 Å². The first-order valence-electron chi connectivity index (χ1n) is 4.70. The molecule has 0 unspecified atom stereocenters. The lowest BCUT2D eigenvalue weighted by molar-refractivity contribution is -0.138. The second kappa shape index (κ2) is 2.02. The molecule has 1 amide bonds. The van der Waals surface area contributed by atoms with Crippen LogP contribution in [0.15, 0.2) is 0 Å². The van der Waals surface area contributed by atoms with Gasteiger partial charge in [-0.1, -0.05) is 0 Å². The van der Waals surface area contributed by atoms with Crippen molar-refractivity contribution in [2.45, 2.75) is 12.8 Å². The van der Waals surface area contributed by atoms with Crippen LogP contribution in [0, 0.1) is 11.3 Å². The first-order chi connectivity index (χ1) is 5.83. The van der Waals surface area contributed by atoms with Crippen molar-refractivity contribution >= 4 is 5.91 Å². The Morgan fingerprint density at radius 2 is 1.92 bits per heavy atom. The third-order valence-electron chi connectivity index (χ3n) is 3.41. The molecular formula is C9H13NO2. The summed E-state index contributed by atoms with van der Waals surface area (Å²) in [6.45, 7) is 3.08. The highest BCUT2D eigenvalue weighted by molar-refractivity contribution is 5.90. The molecule has 66 valence electrons. The molecule has 3 heteroatoms. The number of rotatable bonds is 1. The van der Waals surface area contributed by atoms with Gasteiger partial charge in [0.15, 0.2) is 0 Å². The predicted octanol–water partition coefficient (Wildman–Crippen LogP) is 0.255. The van der Waals surface area contributed by atoms with Crippen molar-refractivity contribution in [1.29, 1.82) is 0 Å². The molecule has 0 radical (unpaired) electrons. The maximum Gasteiger partial charge on any atom is 0.229 e. The average Bonchev–Trinajstić information content (AvgIpc) is 2.91. The molecule has 0 spiro atoms. The van der Waals surface area contributed by atoms with Gasteiger partial charge in [-0.2, -0.15) is 0 Å². The first-order valence-corrected chi connectivity index (χ1v) is 4.70. The molecule has 0 aromatic rings. The summed E-state index contributed by atoms with van der Waals surface area (Å²) < 4.78 is 5.20. The Bertz CT molecular complexity index is 227. The molecule has 1 saturated heterocycles. The fourth-order valence-electron chi connectivity index (χ4n) is 2.13. The number of fused-ring (bicyclic) bond motifs is 1. The molecule has 3 fully saturated rings. The van der Waals surface area contributed by atoms with E-state index in [4.69, 9.17) is 4.74 Å². The van der Waals surface area contributed by atoms with E-state index < -0.39 is 0 Å². The van der Waals surface area contributed by atoms with E-state index in [0.29, 0.717) is 5.91 Å². The molecular weight excluding hydrogens is 154 g/mol. The van der Waals surface area contributed by atoms with Crippen molar-refractivity contribution in [2.75, 3.05) is 26.3 Å². The third-order valence-corrected chi connectivity index (χ3v) is 3.41. The lowest BCUT2D eigenvalue weighted by atomic mass is 10.2. The van der Waals surface area contributed by atoms with E-state index in [1.54, 1.807) is 0 Å². The molecule has 0 aromatic heterocycles. The number of ether oxygens (including phenoxy) is 1. The molecule has 3 nitrogen and oxygen atoms in total. The van der Waals surface area contributed by atoms with Crippen LogP contribution in [0.4, 0.5) is 0 Å². The number of hydrogen-bond donors (Lipinski definition) is 0. The van der Waals surface area contributed by atoms with Gasteiger partial charge in [-0.3, -0.25) is 4.79 Å². The van der Waals surface area contributed by atoms with Crippen molar-refractivity contribution in [1.82, 2.24) is 4.90 Å². The summed E-state index contributed by atoms with van der Waals surface area (Å²) in [5.74, 6) is 1.18. The fourth-order valence-corrected chi connectivity index (χ4v) is 2.13. The average molecular weight is 167 g/mol. The van der Waals surface area contributed by atoms with Crippen molar-refractivity contribution in [3.05, 3.63) is 0 Å². The van der Waals surface area contributed by atoms with Gasteiger partial charge in [0.2, 0.25) is 5.91 Å². The van der Waals surface area contributed by atoms with Crippen LogP contribution in [-0.2, 0) is 9.53 Å². The van der Waals surface area contributed by atoms with Crippen LogP contribution in [0.25, 0.3) is 0 Å². The topological polar surface area (TPSA) is 29.5 Å². The van der Waals surface area contributed by atoms with Crippen LogP contribution in [0.2, 0.25) is 0 Å². The van der Waals surface area contributed by atoms with Gasteiger partial charge in [0, 0.05) is 13.1 Å². The van der Waals surface area contributed by atoms with Gasteiger partial charge in [-0.25, -0.2) is 0 Å². The van der Waals surface area contributed by atoms with Crippen LogP contribution in [0.3, 0.4) is 0 Å². The monoisotopic (exact) mass is 167 g/mol. The van der Waals surface area contributed by atoms with E-state index in [1.807, 2.05) is 4.90 Å². The highest BCUT2D eigenvalue weighted by atomic mass is 16.5. The second-order valence-corrected chi connectivity index (χ2v) is 4.17. The first kappa shape index (κ1) is 6.89. The minimum Gasteiger partial charge on any atom is -0.378 e. The molecule has 0 atom stereocenters. The Labute approximate surface area is 71.7 Å². The number of nitrogens with zero attached hydrogens (tertiary/aromatic N) is 1. The Morgan fingerprint density at radius 3 is 2.42 bits per heavy atom. The molecule has 3 rings (SSSR count). The van der Waals surface area contributed by atoms with Gasteiger partial charge < -0.3 is 9.64 Å². The molecule has 1 heterocycles. The largest absolute Gasteiger partial charge is 0.378 e. The highest BCUT2D eigenvalue weighted by Crippen LogP contribution is 2.75. The fraction of sp³-hybridized carbons (Fsp3) is 0.889. The smallest absolute Gasteiger partial charge is 0.229 e. The number of morpholine rings is 1. The van der Waals surface area contributed by atoms with Crippen molar-refractivity contribution in [2.24, 2.45) is 11.3 Å². The Hall–Kier alpha value is -0.570. The number of carbonyl (C=O) groups excluding carboxylic acids is 1. The van der Waals surface area contributed by atoms with Crippen molar-refractivity contribution < 1.29 is 9.53 Å². The number of amides is 1. The van der Waals surface area contributed by atoms with Gasteiger partial charge >= 0.3 is 0 Å². The highest BCUT2D eigenvalue weighted by Gasteiger charge is 2.75. The second-order valence-electron chi connectivity index (χ2n) is 4.17. The standard InChI is InChI=1S/C9H13NO2/c11-8(9-5-7(9)6-9)10-1-3-12-4-2-10/h7H,1-6H2. The van der Waals surface area contributed by atoms with Gasteiger partial charge in [-0.15, -0.1) is 0 Å². The lowest BCUT2D eigenvalue weighted by Crippen LogP contribution is -2.42. The maximum absolute atomic E-state index is 11.8. The van der Waals surface area contributed by atoms with E-state index in [9.17, 15) is 4.79 Å². The van der Waals surface area contributed by atoms with Gasteiger partial charge in [0.05, 0.1) is 18.6 Å². The molecule has 12 heavy (non-hydrogen) atoms. The molecule has 0 N–H and O–H groups in total. The Morgan fingerprint density at radius 1 is 1.33 bits per heavy atom. The predicted molar refractivity (Wildman–Crippen MR) is 42.6 cm³/mol. The minimum absolute atomic E-state index is 0.164. The summed E-state index contributed by atoms with van der Waals surface area (Å²) in [6.07, 6.45) is 2.34. The van der Waals surface area contributed by atoms with E-state index in [2.05, 4.69) is 0 Å². The van der Waals surface area contributed by atoms with Gasteiger partial charge in [0.25, 0.3) is 0 Å². The molecule has 0 bridgehead atoms. The Balaban J connectivity index is 1.67. The van der Waals surface area contributed by atoms with Crippen LogP contribution in [-0.4, -0.2) is 37.1 Å². The van der Waals surface area contributed by atoms with Crippen LogP contribution in [0.1, 0.15) is 12.8 Å². The van der Waals surface area contributed by atoms with Crippen LogP contribution >= 0.6 is 0 Å². The summed E-state index contributed by atoms with van der Waals surface area (Å²) in [6, 6.07) is 0. The lowest BCUT2D eigenvalue weighted by Gasteiger charge is -2.28. The van der Waals surface area contributed by atoms with Crippen molar-refractivity contribution in [3.8, 4) is 0 Å². The molecule has 3 aliphatic rings. The quantitative estimate of drug-likeness (QED) is 0.560. The summed E-state index contributed by atoms with van der Waals surface area (Å²) in [5, 5.41) is 0. The summed E-state index contributed by atoms with van der Waals surface area (Å²) in [5.41, 5.74) is 0.164. The SMILES string of the molecule is O=C(N1CCOCC1)C12CC1C2. The zero-order valence-corrected chi connectivity index (χ0v) is 7.08. The number of carbonyl (C=O) groups is 1. The summed E-state index contributed by atoms with van der Waals surface area (Å²) in [4.78, 5) is 13.8. The van der Waals surface area contributed by atoms with Gasteiger partial charge in [-0.05, 0) is 18.8 Å². The van der Waals surface area contributed by atoms with E-state index in [1.165, 1.54) is 12.8 Å². The number of hydrogen-bond acceptors (Lipinski definition) is 2. The van der Waals surface area contributed by atoms with Gasteiger partial charge in [0.1, 0.15) is 0 Å². The third kappa shape index (κ3) is 0.774. The summed E-state index contributed by atoms with van der Waals surface area (Å²) in [7, 11) is 0. The molecule has 2 saturated carbocycles. The zero-order chi connectivity index (χ0) is 8.18. The maximum atomic E-state index is 11.8. The Kier molecular flexibility index (Phi) is 1.16. The van der Waals surface area contributed by atoms with Crippen LogP contribution < -0.4 is 0 Å². The normalized spacial score (nSPS) is 43.7. The minimum atomic E-state index is 0.164. The zero-order valence-electron chi connectivity index (χ0n) is 7.08. The van der Waals surface area contributed by atoms with E-state index in [-0.39, 0.29) is 5.41 Å². The van der Waals surface area contributed by atoms with Crippen LogP contribution in [0.5, 0.6) is 0 Å². The molecule has 0 aromatic carbocycles. The van der Waals surface area contributed by atoms with E-state index >= 15 is 0 Å². The summed E-state index contributed by atoms with van der Waals surface area (Å²) >= 11 is 0. The molecule has 1 aliphatic heterocycles. The van der Waals surface area contributed by atoms with Crippen molar-refractivity contribution in [3.63, 3.8) is 0 Å².